The third-order valence-electron chi connectivity index (χ3n) is 3.02. The molecule has 2 amide bonds. The molecule has 1 aliphatic heterocycles. The van der Waals surface area contributed by atoms with Crippen LogP contribution in [0.1, 0.15) is 12.8 Å². The standard InChI is InChI=1S/C12H20N2O6/c1-13(4-3-11(17)19-2)12(18)14-5-6-20-9(8-14)7-10(15)16/h9H,3-8H2,1-2H3,(H,15,16). The Balaban J connectivity index is 2.45. The molecule has 1 saturated heterocycles. The number of hydrogen-bond donors (Lipinski definition) is 1. The van der Waals surface area contributed by atoms with Gasteiger partial charge in [-0.1, -0.05) is 0 Å². The Bertz CT molecular complexity index is 373. The lowest BCUT2D eigenvalue weighted by Gasteiger charge is -2.34. The minimum absolute atomic E-state index is 0.127. The predicted molar refractivity (Wildman–Crippen MR) is 68.2 cm³/mol. The molecule has 1 rings (SSSR count). The number of morpholine rings is 1. The van der Waals surface area contributed by atoms with Crippen molar-refractivity contribution in [2.45, 2.75) is 18.9 Å². The third kappa shape index (κ3) is 5.04. The smallest absolute Gasteiger partial charge is 0.319 e. The molecule has 114 valence electrons. The predicted octanol–water partition coefficient (Wildman–Crippen LogP) is -0.223. The highest BCUT2D eigenvalue weighted by atomic mass is 16.5. The number of methoxy groups -OCH3 is 1. The van der Waals surface area contributed by atoms with Crippen molar-refractivity contribution in [3.8, 4) is 0 Å². The number of carbonyl (C=O) groups excluding carboxylic acids is 2. The van der Waals surface area contributed by atoms with Crippen molar-refractivity contribution in [1.82, 2.24) is 9.80 Å². The van der Waals surface area contributed by atoms with Gasteiger partial charge in [0, 0.05) is 26.7 Å². The van der Waals surface area contributed by atoms with Gasteiger partial charge in [0.05, 0.1) is 32.7 Å². The van der Waals surface area contributed by atoms with Crippen LogP contribution >= 0.6 is 0 Å². The molecule has 20 heavy (non-hydrogen) atoms. The van der Waals surface area contributed by atoms with Gasteiger partial charge in [-0.3, -0.25) is 9.59 Å². The minimum atomic E-state index is -0.955. The molecule has 8 heteroatoms. The lowest BCUT2D eigenvalue weighted by molar-refractivity contribution is -0.142. The lowest BCUT2D eigenvalue weighted by atomic mass is 10.2. The molecule has 1 unspecified atom stereocenters. The van der Waals surface area contributed by atoms with Gasteiger partial charge in [-0.15, -0.1) is 0 Å². The van der Waals surface area contributed by atoms with Crippen LogP contribution in [-0.2, 0) is 19.1 Å². The molecule has 1 N–H and O–H groups in total. The van der Waals surface area contributed by atoms with Crippen LogP contribution in [0, 0.1) is 0 Å². The maximum absolute atomic E-state index is 12.1. The first-order valence-electron chi connectivity index (χ1n) is 6.34. The second kappa shape index (κ2) is 7.68. The third-order valence-corrected chi connectivity index (χ3v) is 3.02. The van der Waals surface area contributed by atoms with Crippen molar-refractivity contribution < 1.29 is 29.0 Å². The SMILES string of the molecule is COC(=O)CCN(C)C(=O)N1CCOC(CC(=O)O)C1. The van der Waals surface area contributed by atoms with Gasteiger partial charge in [0.1, 0.15) is 0 Å². The Morgan fingerprint density at radius 2 is 2.15 bits per heavy atom. The molecule has 0 radical (unpaired) electrons. The van der Waals surface area contributed by atoms with Crippen LogP contribution < -0.4 is 0 Å². The summed E-state index contributed by atoms with van der Waals surface area (Å²) in [7, 11) is 2.88. The van der Waals surface area contributed by atoms with E-state index >= 15 is 0 Å². The molecule has 0 saturated carbocycles. The molecule has 8 nitrogen and oxygen atoms in total. The Morgan fingerprint density at radius 1 is 1.45 bits per heavy atom. The van der Waals surface area contributed by atoms with E-state index in [0.717, 1.165) is 0 Å². The second-order valence-electron chi connectivity index (χ2n) is 4.57. The maximum Gasteiger partial charge on any atom is 0.319 e. The summed E-state index contributed by atoms with van der Waals surface area (Å²) in [5, 5.41) is 8.73. The van der Waals surface area contributed by atoms with Crippen LogP contribution in [-0.4, -0.2) is 79.4 Å². The fourth-order valence-electron chi connectivity index (χ4n) is 1.91. The number of aliphatic carboxylic acids is 1. The highest BCUT2D eigenvalue weighted by Gasteiger charge is 2.27. The van der Waals surface area contributed by atoms with E-state index in [1.165, 1.54) is 16.9 Å². The molecule has 0 aliphatic carbocycles. The zero-order chi connectivity index (χ0) is 15.1. The normalized spacial score (nSPS) is 18.5. The van der Waals surface area contributed by atoms with Crippen molar-refractivity contribution in [2.75, 3.05) is 40.4 Å². The van der Waals surface area contributed by atoms with E-state index in [9.17, 15) is 14.4 Å². The molecule has 0 spiro atoms. The van der Waals surface area contributed by atoms with Crippen molar-refractivity contribution in [2.24, 2.45) is 0 Å². The summed E-state index contributed by atoms with van der Waals surface area (Å²) in [4.78, 5) is 36.8. The van der Waals surface area contributed by atoms with Crippen LogP contribution in [0.15, 0.2) is 0 Å². The summed E-state index contributed by atoms with van der Waals surface area (Å²) >= 11 is 0. The number of carbonyl (C=O) groups is 3. The van der Waals surface area contributed by atoms with Crippen molar-refractivity contribution in [1.29, 1.82) is 0 Å². The highest BCUT2D eigenvalue weighted by molar-refractivity contribution is 5.76. The van der Waals surface area contributed by atoms with Gasteiger partial charge in [-0.25, -0.2) is 4.79 Å². The van der Waals surface area contributed by atoms with Gasteiger partial charge in [0.25, 0.3) is 0 Å². The van der Waals surface area contributed by atoms with Crippen LogP contribution in [0.25, 0.3) is 0 Å². The molecule has 1 atom stereocenters. The summed E-state index contributed by atoms with van der Waals surface area (Å²) < 4.78 is 9.81. The summed E-state index contributed by atoms with van der Waals surface area (Å²) in [5.74, 6) is -1.33. The molecular weight excluding hydrogens is 268 g/mol. The zero-order valence-electron chi connectivity index (χ0n) is 11.7. The van der Waals surface area contributed by atoms with E-state index < -0.39 is 12.1 Å². The van der Waals surface area contributed by atoms with E-state index in [1.54, 1.807) is 7.05 Å². The summed E-state index contributed by atoms with van der Waals surface area (Å²) in [6.07, 6.45) is -0.490. The van der Waals surface area contributed by atoms with E-state index in [0.29, 0.717) is 13.2 Å². The first kappa shape index (κ1) is 16.2. The first-order valence-corrected chi connectivity index (χ1v) is 6.34. The van der Waals surface area contributed by atoms with Gasteiger partial charge in [0.15, 0.2) is 0 Å². The number of carboxylic acid groups (broad SMARTS) is 1. The molecule has 1 aliphatic rings. The first-order chi connectivity index (χ1) is 9.43. The van der Waals surface area contributed by atoms with Crippen LogP contribution in [0.5, 0.6) is 0 Å². The number of amides is 2. The fraction of sp³-hybridized carbons (Fsp3) is 0.750. The maximum atomic E-state index is 12.1. The average molecular weight is 288 g/mol. The van der Waals surface area contributed by atoms with Crippen LogP contribution in [0.4, 0.5) is 4.79 Å². The lowest BCUT2D eigenvalue weighted by Crippen LogP contribution is -2.50. The van der Waals surface area contributed by atoms with Gasteiger partial charge < -0.3 is 24.4 Å². The number of urea groups is 1. The molecular formula is C12H20N2O6. The number of carboxylic acids is 1. The van der Waals surface area contributed by atoms with Crippen molar-refractivity contribution in [3.05, 3.63) is 0 Å². The number of rotatable bonds is 5. The molecule has 0 aromatic heterocycles. The second-order valence-corrected chi connectivity index (χ2v) is 4.57. The highest BCUT2D eigenvalue weighted by Crippen LogP contribution is 2.11. The van der Waals surface area contributed by atoms with Gasteiger partial charge >= 0.3 is 18.0 Å². The molecule has 0 bridgehead atoms. The number of nitrogens with zero attached hydrogens (tertiary/aromatic N) is 2. The van der Waals surface area contributed by atoms with Crippen LogP contribution in [0.2, 0.25) is 0 Å². The number of esters is 1. The molecule has 0 aromatic rings. The van der Waals surface area contributed by atoms with E-state index in [-0.39, 0.29) is 37.9 Å². The van der Waals surface area contributed by atoms with E-state index in [4.69, 9.17) is 9.84 Å². The van der Waals surface area contributed by atoms with E-state index in [1.807, 2.05) is 0 Å². The topological polar surface area (TPSA) is 96.4 Å². The Kier molecular flexibility index (Phi) is 6.23. The fourth-order valence-corrected chi connectivity index (χ4v) is 1.91. The Hall–Kier alpha value is -1.83. The van der Waals surface area contributed by atoms with Crippen molar-refractivity contribution >= 4 is 18.0 Å². The zero-order valence-corrected chi connectivity index (χ0v) is 11.7. The summed E-state index contributed by atoms with van der Waals surface area (Å²) in [5.41, 5.74) is 0. The molecule has 1 fully saturated rings. The number of ether oxygens (including phenoxy) is 2. The summed E-state index contributed by atoms with van der Waals surface area (Å²) in [6.45, 7) is 1.23. The Morgan fingerprint density at radius 3 is 2.75 bits per heavy atom. The average Bonchev–Trinajstić information content (AvgIpc) is 2.43. The number of hydrogen-bond acceptors (Lipinski definition) is 5. The molecule has 1 heterocycles. The van der Waals surface area contributed by atoms with E-state index in [2.05, 4.69) is 4.74 Å². The largest absolute Gasteiger partial charge is 0.481 e. The van der Waals surface area contributed by atoms with Gasteiger partial charge in [-0.05, 0) is 0 Å². The van der Waals surface area contributed by atoms with Crippen LogP contribution in [0.3, 0.4) is 0 Å². The van der Waals surface area contributed by atoms with Gasteiger partial charge in [0.2, 0.25) is 0 Å². The van der Waals surface area contributed by atoms with Crippen molar-refractivity contribution in [3.63, 3.8) is 0 Å². The Labute approximate surface area is 117 Å². The summed E-state index contributed by atoms with van der Waals surface area (Å²) in [6, 6.07) is -0.243. The monoisotopic (exact) mass is 288 g/mol. The molecule has 0 aromatic carbocycles. The minimum Gasteiger partial charge on any atom is -0.481 e. The quantitative estimate of drug-likeness (QED) is 0.702. The van der Waals surface area contributed by atoms with Gasteiger partial charge in [-0.2, -0.15) is 0 Å².